The molecule has 0 aliphatic carbocycles. The largest absolute Gasteiger partial charge is 0.383 e. The molecule has 124 valence electrons. The molecular weight excluding hydrogens is 300 g/mol. The number of amides is 1. The molecule has 0 unspecified atom stereocenters. The molecule has 1 aliphatic heterocycles. The normalized spacial score (nSPS) is 20.2. The lowest BCUT2D eigenvalue weighted by Crippen LogP contribution is -2.53. The molecule has 2 heterocycles. The Balaban J connectivity index is 1.86. The number of thiazole rings is 1. The second kappa shape index (κ2) is 8.57. The Morgan fingerprint density at radius 2 is 2.36 bits per heavy atom. The van der Waals surface area contributed by atoms with Crippen molar-refractivity contribution in [3.8, 4) is 0 Å². The van der Waals surface area contributed by atoms with Gasteiger partial charge in [-0.3, -0.25) is 14.6 Å². The molecule has 6 nitrogen and oxygen atoms in total. The number of carbonyl (C=O) groups is 1. The van der Waals surface area contributed by atoms with E-state index in [4.69, 9.17) is 4.74 Å². The summed E-state index contributed by atoms with van der Waals surface area (Å²) >= 11 is 1.49. The van der Waals surface area contributed by atoms with E-state index in [9.17, 15) is 4.79 Å². The van der Waals surface area contributed by atoms with Crippen molar-refractivity contribution in [3.05, 3.63) is 11.1 Å². The number of hydrogen-bond donors (Lipinski definition) is 1. The average Bonchev–Trinajstić information content (AvgIpc) is 2.92. The SMILES string of the molecule is CC[C@H]1CN(Cc2csc(NC(C)=O)n2)CCN1CCOC. The number of ether oxygens (including phenoxy) is 1. The summed E-state index contributed by atoms with van der Waals surface area (Å²) in [5.74, 6) is -0.0706. The van der Waals surface area contributed by atoms with Crippen LogP contribution >= 0.6 is 11.3 Å². The Kier molecular flexibility index (Phi) is 6.75. The Hall–Kier alpha value is -1.02. The summed E-state index contributed by atoms with van der Waals surface area (Å²) in [6, 6.07) is 0.581. The highest BCUT2D eigenvalue weighted by Crippen LogP contribution is 2.19. The van der Waals surface area contributed by atoms with E-state index in [1.54, 1.807) is 7.11 Å². The van der Waals surface area contributed by atoms with Crippen LogP contribution in [0.1, 0.15) is 26.0 Å². The van der Waals surface area contributed by atoms with Gasteiger partial charge in [0.2, 0.25) is 5.91 Å². The van der Waals surface area contributed by atoms with E-state index >= 15 is 0 Å². The fourth-order valence-electron chi connectivity index (χ4n) is 2.81. The van der Waals surface area contributed by atoms with Crippen LogP contribution in [0.3, 0.4) is 0 Å². The highest BCUT2D eigenvalue weighted by Gasteiger charge is 2.25. The van der Waals surface area contributed by atoms with Gasteiger partial charge in [0.1, 0.15) is 0 Å². The Bertz CT molecular complexity index is 480. The van der Waals surface area contributed by atoms with Crippen molar-refractivity contribution < 1.29 is 9.53 Å². The number of methoxy groups -OCH3 is 1. The zero-order chi connectivity index (χ0) is 15.9. The maximum Gasteiger partial charge on any atom is 0.223 e. The molecule has 1 N–H and O–H groups in total. The maximum absolute atomic E-state index is 11.0. The smallest absolute Gasteiger partial charge is 0.223 e. The van der Waals surface area contributed by atoms with Gasteiger partial charge in [-0.05, 0) is 6.42 Å². The van der Waals surface area contributed by atoms with Gasteiger partial charge in [0.25, 0.3) is 0 Å². The van der Waals surface area contributed by atoms with Crippen LogP contribution < -0.4 is 5.32 Å². The topological polar surface area (TPSA) is 57.7 Å². The molecule has 0 saturated carbocycles. The van der Waals surface area contributed by atoms with Gasteiger partial charge < -0.3 is 10.1 Å². The van der Waals surface area contributed by atoms with Gasteiger partial charge in [-0.1, -0.05) is 6.92 Å². The minimum absolute atomic E-state index is 0.0706. The van der Waals surface area contributed by atoms with Gasteiger partial charge in [0, 0.05) is 58.2 Å². The molecule has 1 aromatic rings. The molecular formula is C15H26N4O2S. The standard InChI is InChI=1S/C15H26N4O2S/c1-4-14-10-18(5-6-19(14)7-8-21-3)9-13-11-22-15(17-13)16-12(2)20/h11,14H,4-10H2,1-3H3,(H,16,17,20)/t14-/m0/s1. The number of rotatable bonds is 7. The number of nitrogens with one attached hydrogen (secondary N) is 1. The van der Waals surface area contributed by atoms with Crippen LogP contribution in [0.4, 0.5) is 5.13 Å². The fraction of sp³-hybridized carbons (Fsp3) is 0.733. The van der Waals surface area contributed by atoms with Crippen LogP contribution in [-0.2, 0) is 16.1 Å². The number of hydrogen-bond acceptors (Lipinski definition) is 6. The molecule has 1 aliphatic rings. The molecule has 1 aromatic heterocycles. The third kappa shape index (κ3) is 5.01. The lowest BCUT2D eigenvalue weighted by atomic mass is 10.1. The summed E-state index contributed by atoms with van der Waals surface area (Å²) in [5, 5.41) is 5.46. The minimum Gasteiger partial charge on any atom is -0.383 e. The molecule has 7 heteroatoms. The minimum atomic E-state index is -0.0706. The molecule has 22 heavy (non-hydrogen) atoms. The lowest BCUT2D eigenvalue weighted by molar-refractivity contribution is -0.114. The molecule has 0 bridgehead atoms. The van der Waals surface area contributed by atoms with E-state index in [2.05, 4.69) is 27.0 Å². The van der Waals surface area contributed by atoms with E-state index < -0.39 is 0 Å². The van der Waals surface area contributed by atoms with Crippen LogP contribution in [0.5, 0.6) is 0 Å². The van der Waals surface area contributed by atoms with Crippen LogP contribution in [0, 0.1) is 0 Å². The Morgan fingerprint density at radius 3 is 3.05 bits per heavy atom. The van der Waals surface area contributed by atoms with Gasteiger partial charge in [-0.25, -0.2) is 4.98 Å². The van der Waals surface area contributed by atoms with Crippen molar-refractivity contribution in [2.75, 3.05) is 45.2 Å². The van der Waals surface area contributed by atoms with Crippen LogP contribution in [0.2, 0.25) is 0 Å². The first kappa shape index (κ1) is 17.3. The van der Waals surface area contributed by atoms with E-state index in [-0.39, 0.29) is 5.91 Å². The molecule has 1 amide bonds. The summed E-state index contributed by atoms with van der Waals surface area (Å²) in [5.41, 5.74) is 1.04. The summed E-state index contributed by atoms with van der Waals surface area (Å²) in [4.78, 5) is 20.5. The lowest BCUT2D eigenvalue weighted by Gasteiger charge is -2.40. The number of aromatic nitrogens is 1. The van der Waals surface area contributed by atoms with E-state index in [1.807, 2.05) is 5.38 Å². The zero-order valence-corrected chi connectivity index (χ0v) is 14.5. The quantitative estimate of drug-likeness (QED) is 0.825. The predicted octanol–water partition coefficient (Wildman–Crippen LogP) is 1.64. The van der Waals surface area contributed by atoms with Gasteiger partial charge in [0.05, 0.1) is 12.3 Å². The monoisotopic (exact) mass is 326 g/mol. The van der Waals surface area contributed by atoms with E-state index in [0.29, 0.717) is 11.2 Å². The molecule has 0 aromatic carbocycles. The number of carbonyl (C=O) groups excluding carboxylic acids is 1. The number of nitrogens with zero attached hydrogens (tertiary/aromatic N) is 3. The maximum atomic E-state index is 11.0. The summed E-state index contributed by atoms with van der Waals surface area (Å²) in [6.07, 6.45) is 1.15. The van der Waals surface area contributed by atoms with Crippen molar-refractivity contribution in [3.63, 3.8) is 0 Å². The Morgan fingerprint density at radius 1 is 1.55 bits per heavy atom. The predicted molar refractivity (Wildman–Crippen MR) is 89.2 cm³/mol. The number of anilines is 1. The fourth-order valence-corrected chi connectivity index (χ4v) is 3.56. The average molecular weight is 326 g/mol. The molecule has 2 rings (SSSR count). The van der Waals surface area contributed by atoms with Crippen LogP contribution in [0.25, 0.3) is 0 Å². The second-order valence-electron chi connectivity index (χ2n) is 5.65. The highest BCUT2D eigenvalue weighted by molar-refractivity contribution is 7.13. The van der Waals surface area contributed by atoms with Crippen LogP contribution in [0.15, 0.2) is 5.38 Å². The van der Waals surface area contributed by atoms with Crippen LogP contribution in [-0.4, -0.2) is 66.6 Å². The molecule has 0 radical (unpaired) electrons. The first-order chi connectivity index (χ1) is 10.6. The summed E-state index contributed by atoms with van der Waals surface area (Å²) < 4.78 is 5.20. The van der Waals surface area contributed by atoms with Crippen molar-refractivity contribution in [1.29, 1.82) is 0 Å². The Labute approximate surface area is 136 Å². The third-order valence-electron chi connectivity index (χ3n) is 3.96. The first-order valence-corrected chi connectivity index (χ1v) is 8.67. The zero-order valence-electron chi connectivity index (χ0n) is 13.7. The molecule has 0 spiro atoms. The number of piperazine rings is 1. The molecule has 1 atom stereocenters. The molecule has 1 saturated heterocycles. The van der Waals surface area contributed by atoms with Crippen molar-refractivity contribution in [1.82, 2.24) is 14.8 Å². The van der Waals surface area contributed by atoms with Gasteiger partial charge >= 0.3 is 0 Å². The molecule has 1 fully saturated rings. The summed E-state index contributed by atoms with van der Waals surface area (Å²) in [7, 11) is 1.76. The second-order valence-corrected chi connectivity index (χ2v) is 6.51. The first-order valence-electron chi connectivity index (χ1n) is 7.79. The van der Waals surface area contributed by atoms with Crippen molar-refractivity contribution in [2.24, 2.45) is 0 Å². The van der Waals surface area contributed by atoms with E-state index in [0.717, 1.165) is 51.4 Å². The van der Waals surface area contributed by atoms with E-state index in [1.165, 1.54) is 18.3 Å². The third-order valence-corrected chi connectivity index (χ3v) is 4.77. The van der Waals surface area contributed by atoms with Crippen molar-refractivity contribution >= 4 is 22.4 Å². The van der Waals surface area contributed by atoms with Gasteiger partial charge in [-0.15, -0.1) is 11.3 Å². The van der Waals surface area contributed by atoms with Gasteiger partial charge in [-0.2, -0.15) is 0 Å². The van der Waals surface area contributed by atoms with Gasteiger partial charge in [0.15, 0.2) is 5.13 Å². The highest BCUT2D eigenvalue weighted by atomic mass is 32.1. The van der Waals surface area contributed by atoms with Crippen molar-refractivity contribution in [2.45, 2.75) is 32.9 Å². The summed E-state index contributed by atoms with van der Waals surface area (Å²) in [6.45, 7) is 9.59.